The van der Waals surface area contributed by atoms with Crippen LogP contribution in [0.2, 0.25) is 5.15 Å². The molecule has 21 heavy (non-hydrogen) atoms. The van der Waals surface area contributed by atoms with Crippen LogP contribution in [0, 0.1) is 16.0 Å². The average Bonchev–Trinajstić information content (AvgIpc) is 2.45. The van der Waals surface area contributed by atoms with Gasteiger partial charge in [0.15, 0.2) is 0 Å². The van der Waals surface area contributed by atoms with Gasteiger partial charge in [-0.05, 0) is 24.8 Å². The van der Waals surface area contributed by atoms with E-state index >= 15 is 0 Å². The average molecular weight is 313 g/mol. The molecule has 0 radical (unpaired) electrons. The lowest BCUT2D eigenvalue weighted by Gasteiger charge is -2.37. The Bertz CT molecular complexity index is 566. The highest BCUT2D eigenvalue weighted by molar-refractivity contribution is 6.29. The molecular weight excluding hydrogens is 296 g/mol. The molecule has 1 aliphatic heterocycles. The van der Waals surface area contributed by atoms with Crippen molar-refractivity contribution in [3.8, 4) is 0 Å². The quantitative estimate of drug-likeness (QED) is 0.521. The standard InChI is InChI=1S/C13H17ClN4O3/c1-8-2-3-17(9(4-8)6-15)13(19)10-5-12(14)16-7-11(10)18(20)21/h5,7-9H,2-4,6,15H2,1H3. The summed E-state index contributed by atoms with van der Waals surface area (Å²) in [4.78, 5) is 28.3. The highest BCUT2D eigenvalue weighted by atomic mass is 35.5. The Kier molecular flexibility index (Phi) is 4.74. The maximum Gasteiger partial charge on any atom is 0.300 e. The van der Waals surface area contributed by atoms with E-state index in [9.17, 15) is 14.9 Å². The molecule has 0 aromatic carbocycles. The molecule has 2 rings (SSSR count). The fourth-order valence-electron chi connectivity index (χ4n) is 2.64. The Morgan fingerprint density at radius 2 is 2.38 bits per heavy atom. The van der Waals surface area contributed by atoms with Gasteiger partial charge in [0, 0.05) is 19.1 Å². The Balaban J connectivity index is 2.35. The van der Waals surface area contributed by atoms with Crippen LogP contribution in [0.15, 0.2) is 12.3 Å². The molecular formula is C13H17ClN4O3. The van der Waals surface area contributed by atoms with E-state index < -0.39 is 10.8 Å². The summed E-state index contributed by atoms with van der Waals surface area (Å²) in [5, 5.41) is 11.1. The van der Waals surface area contributed by atoms with Gasteiger partial charge in [-0.15, -0.1) is 0 Å². The number of hydrogen-bond acceptors (Lipinski definition) is 5. The summed E-state index contributed by atoms with van der Waals surface area (Å²) in [5.74, 6) is 0.0759. The molecule has 114 valence electrons. The van der Waals surface area contributed by atoms with Gasteiger partial charge >= 0.3 is 0 Å². The Morgan fingerprint density at radius 1 is 1.67 bits per heavy atom. The van der Waals surface area contributed by atoms with Crippen molar-refractivity contribution in [1.29, 1.82) is 0 Å². The zero-order valence-electron chi connectivity index (χ0n) is 11.7. The van der Waals surface area contributed by atoms with Crippen LogP contribution in [0.4, 0.5) is 5.69 Å². The first kappa shape index (κ1) is 15.7. The number of nitrogens with zero attached hydrogens (tertiary/aromatic N) is 3. The van der Waals surface area contributed by atoms with E-state index in [1.54, 1.807) is 4.90 Å². The Labute approximate surface area is 127 Å². The van der Waals surface area contributed by atoms with Crippen LogP contribution < -0.4 is 5.73 Å². The van der Waals surface area contributed by atoms with Gasteiger partial charge in [-0.25, -0.2) is 4.98 Å². The van der Waals surface area contributed by atoms with Crippen LogP contribution in [0.5, 0.6) is 0 Å². The SMILES string of the molecule is CC1CCN(C(=O)c2cc(Cl)ncc2[N+](=O)[O-])C(CN)C1. The van der Waals surface area contributed by atoms with Crippen molar-refractivity contribution in [2.24, 2.45) is 11.7 Å². The van der Waals surface area contributed by atoms with Gasteiger partial charge in [0.1, 0.15) is 16.9 Å². The van der Waals surface area contributed by atoms with E-state index in [-0.39, 0.29) is 22.4 Å². The monoisotopic (exact) mass is 312 g/mol. The second-order valence-electron chi connectivity index (χ2n) is 5.30. The first-order chi connectivity index (χ1) is 9.93. The number of nitro groups is 1. The number of hydrogen-bond donors (Lipinski definition) is 1. The molecule has 8 heteroatoms. The van der Waals surface area contributed by atoms with Gasteiger partial charge in [-0.1, -0.05) is 18.5 Å². The Morgan fingerprint density at radius 3 is 3.00 bits per heavy atom. The van der Waals surface area contributed by atoms with Crippen LogP contribution in [0.3, 0.4) is 0 Å². The minimum atomic E-state index is -0.624. The second-order valence-corrected chi connectivity index (χ2v) is 5.69. The topological polar surface area (TPSA) is 102 Å². The molecule has 0 aliphatic carbocycles. The third kappa shape index (κ3) is 3.30. The van der Waals surface area contributed by atoms with E-state index in [0.717, 1.165) is 19.0 Å². The van der Waals surface area contributed by atoms with Gasteiger partial charge in [0.2, 0.25) is 0 Å². The van der Waals surface area contributed by atoms with Crippen LogP contribution in [-0.4, -0.2) is 39.8 Å². The van der Waals surface area contributed by atoms with Crippen molar-refractivity contribution in [3.63, 3.8) is 0 Å². The predicted molar refractivity (Wildman–Crippen MR) is 78.2 cm³/mol. The highest BCUT2D eigenvalue weighted by Crippen LogP contribution is 2.27. The fraction of sp³-hybridized carbons (Fsp3) is 0.538. The third-order valence-electron chi connectivity index (χ3n) is 3.79. The first-order valence-corrected chi connectivity index (χ1v) is 7.12. The van der Waals surface area contributed by atoms with Crippen molar-refractivity contribution in [2.45, 2.75) is 25.8 Å². The molecule has 2 N–H and O–H groups in total. The number of carbonyl (C=O) groups excluding carboxylic acids is 1. The minimum Gasteiger partial charge on any atom is -0.334 e. The van der Waals surface area contributed by atoms with Crippen LogP contribution in [0.1, 0.15) is 30.1 Å². The molecule has 0 saturated carbocycles. The number of nitrogens with two attached hydrogens (primary N) is 1. The predicted octanol–water partition coefficient (Wildman–Crippen LogP) is 1.84. The lowest BCUT2D eigenvalue weighted by Crippen LogP contribution is -2.49. The molecule has 1 aromatic rings. The van der Waals surface area contributed by atoms with E-state index in [2.05, 4.69) is 11.9 Å². The summed E-state index contributed by atoms with van der Waals surface area (Å²) in [5.41, 5.74) is 5.36. The van der Waals surface area contributed by atoms with Gasteiger partial charge in [-0.2, -0.15) is 0 Å². The molecule has 2 heterocycles. The normalized spacial score (nSPS) is 22.1. The molecule has 1 aromatic heterocycles. The molecule has 1 amide bonds. The fourth-order valence-corrected chi connectivity index (χ4v) is 2.79. The lowest BCUT2D eigenvalue weighted by molar-refractivity contribution is -0.385. The first-order valence-electron chi connectivity index (χ1n) is 6.75. The summed E-state index contributed by atoms with van der Waals surface area (Å²) in [6, 6.07) is 1.14. The maximum atomic E-state index is 12.6. The maximum absolute atomic E-state index is 12.6. The van der Waals surface area contributed by atoms with Crippen LogP contribution >= 0.6 is 11.6 Å². The van der Waals surface area contributed by atoms with E-state index in [4.69, 9.17) is 17.3 Å². The number of piperidine rings is 1. The summed E-state index contributed by atoms with van der Waals surface area (Å²) in [6.45, 7) is 2.98. The number of pyridine rings is 1. The summed E-state index contributed by atoms with van der Waals surface area (Å²) >= 11 is 5.77. The van der Waals surface area contributed by atoms with E-state index in [1.807, 2.05) is 0 Å². The van der Waals surface area contributed by atoms with Crippen LogP contribution in [0.25, 0.3) is 0 Å². The van der Waals surface area contributed by atoms with Crippen molar-refractivity contribution in [2.75, 3.05) is 13.1 Å². The molecule has 1 aliphatic rings. The smallest absolute Gasteiger partial charge is 0.300 e. The third-order valence-corrected chi connectivity index (χ3v) is 3.99. The molecule has 1 saturated heterocycles. The van der Waals surface area contributed by atoms with Gasteiger partial charge in [0.25, 0.3) is 11.6 Å². The number of aromatic nitrogens is 1. The van der Waals surface area contributed by atoms with E-state index in [1.165, 1.54) is 6.07 Å². The van der Waals surface area contributed by atoms with E-state index in [0.29, 0.717) is 19.0 Å². The summed E-state index contributed by atoms with van der Waals surface area (Å²) in [6.07, 6.45) is 2.67. The largest absolute Gasteiger partial charge is 0.334 e. The van der Waals surface area contributed by atoms with Crippen LogP contribution in [-0.2, 0) is 0 Å². The number of likely N-dealkylation sites (tertiary alicyclic amines) is 1. The zero-order valence-corrected chi connectivity index (χ0v) is 12.4. The summed E-state index contributed by atoms with van der Waals surface area (Å²) in [7, 11) is 0. The second kappa shape index (κ2) is 6.36. The molecule has 7 nitrogen and oxygen atoms in total. The molecule has 1 fully saturated rings. The van der Waals surface area contributed by atoms with Gasteiger partial charge < -0.3 is 10.6 Å². The molecule has 0 spiro atoms. The van der Waals surface area contributed by atoms with Crippen molar-refractivity contribution in [3.05, 3.63) is 33.1 Å². The minimum absolute atomic E-state index is 0.0343. The molecule has 0 bridgehead atoms. The number of rotatable bonds is 3. The van der Waals surface area contributed by atoms with Gasteiger partial charge in [-0.3, -0.25) is 14.9 Å². The highest BCUT2D eigenvalue weighted by Gasteiger charge is 2.33. The number of carbonyl (C=O) groups is 1. The van der Waals surface area contributed by atoms with Gasteiger partial charge in [0.05, 0.1) is 4.92 Å². The molecule has 2 atom stereocenters. The lowest BCUT2D eigenvalue weighted by atomic mass is 9.92. The van der Waals surface area contributed by atoms with Crippen molar-refractivity contribution < 1.29 is 9.72 Å². The van der Waals surface area contributed by atoms with Crippen molar-refractivity contribution in [1.82, 2.24) is 9.88 Å². The molecule has 2 unspecified atom stereocenters. The number of amides is 1. The van der Waals surface area contributed by atoms with Crippen molar-refractivity contribution >= 4 is 23.2 Å². The zero-order chi connectivity index (χ0) is 15.6. The number of halogens is 1. The Hall–Kier alpha value is -1.73. The summed E-state index contributed by atoms with van der Waals surface area (Å²) < 4.78 is 0.